The van der Waals surface area contributed by atoms with Gasteiger partial charge in [-0.05, 0) is 29.8 Å². The number of fused-ring (bicyclic) bond motifs is 1. The smallest absolute Gasteiger partial charge is 0.156 e. The van der Waals surface area contributed by atoms with Crippen molar-refractivity contribution < 1.29 is 0 Å². The number of hydrogen-bond donors (Lipinski definition) is 1. The second-order valence-corrected chi connectivity index (χ2v) is 4.54. The van der Waals surface area contributed by atoms with E-state index in [1.165, 1.54) is 0 Å². The van der Waals surface area contributed by atoms with Gasteiger partial charge in [0.2, 0.25) is 0 Å². The van der Waals surface area contributed by atoms with Gasteiger partial charge in [0.15, 0.2) is 11.5 Å². The second kappa shape index (κ2) is 4.31. The van der Waals surface area contributed by atoms with E-state index in [2.05, 4.69) is 10.1 Å². The molecule has 1 aromatic carbocycles. The summed E-state index contributed by atoms with van der Waals surface area (Å²) < 4.78 is 1.69. The van der Waals surface area contributed by atoms with Crippen LogP contribution in [0.4, 0.5) is 5.69 Å². The van der Waals surface area contributed by atoms with Crippen LogP contribution in [-0.2, 0) is 6.42 Å². The highest BCUT2D eigenvalue weighted by Crippen LogP contribution is 2.14. The number of halogens is 1. The second-order valence-electron chi connectivity index (χ2n) is 4.10. The van der Waals surface area contributed by atoms with Crippen molar-refractivity contribution in [2.75, 3.05) is 5.73 Å². The summed E-state index contributed by atoms with van der Waals surface area (Å²) in [5, 5.41) is 5.10. The molecule has 0 aliphatic carbocycles. The molecular formula is C13H11ClN4. The lowest BCUT2D eigenvalue weighted by Gasteiger charge is -1.97. The van der Waals surface area contributed by atoms with Gasteiger partial charge >= 0.3 is 0 Å². The Labute approximate surface area is 109 Å². The summed E-state index contributed by atoms with van der Waals surface area (Å²) >= 11 is 5.95. The van der Waals surface area contributed by atoms with E-state index in [0.29, 0.717) is 12.1 Å². The molecule has 2 N–H and O–H groups in total. The highest BCUT2D eigenvalue weighted by molar-refractivity contribution is 6.30. The lowest BCUT2D eigenvalue weighted by atomic mass is 10.1. The first kappa shape index (κ1) is 11.0. The lowest BCUT2D eigenvalue weighted by molar-refractivity contribution is 0.901. The van der Waals surface area contributed by atoms with Gasteiger partial charge in [0.05, 0.1) is 11.9 Å². The first-order chi connectivity index (χ1) is 8.70. The fourth-order valence-corrected chi connectivity index (χ4v) is 2.06. The Balaban J connectivity index is 1.95. The Kier molecular flexibility index (Phi) is 2.64. The van der Waals surface area contributed by atoms with E-state index >= 15 is 0 Å². The van der Waals surface area contributed by atoms with Crippen molar-refractivity contribution in [3.63, 3.8) is 0 Å². The van der Waals surface area contributed by atoms with Crippen LogP contribution >= 0.6 is 11.6 Å². The van der Waals surface area contributed by atoms with Gasteiger partial charge < -0.3 is 5.73 Å². The third kappa shape index (κ3) is 2.15. The van der Waals surface area contributed by atoms with E-state index in [-0.39, 0.29) is 0 Å². The molecule has 5 heteroatoms. The van der Waals surface area contributed by atoms with Gasteiger partial charge in [0.25, 0.3) is 0 Å². The quantitative estimate of drug-likeness (QED) is 0.769. The maximum atomic E-state index is 5.95. The topological polar surface area (TPSA) is 56.2 Å². The molecule has 0 fully saturated rings. The van der Waals surface area contributed by atoms with Gasteiger partial charge in [0.1, 0.15) is 0 Å². The predicted octanol–water partition coefficient (Wildman–Crippen LogP) is 2.56. The van der Waals surface area contributed by atoms with Crippen LogP contribution in [0.15, 0.2) is 42.6 Å². The van der Waals surface area contributed by atoms with Crippen LogP contribution in [0.25, 0.3) is 5.65 Å². The van der Waals surface area contributed by atoms with Crippen LogP contribution in [0, 0.1) is 0 Å². The summed E-state index contributed by atoms with van der Waals surface area (Å²) in [5.41, 5.74) is 8.25. The standard InChI is InChI=1S/C13H11ClN4/c14-10-3-1-2-9(6-10)7-12-16-13-5-4-11(15)8-18(13)17-12/h1-6,8H,7,15H2. The zero-order valence-electron chi connectivity index (χ0n) is 9.55. The van der Waals surface area contributed by atoms with Crippen molar-refractivity contribution in [2.24, 2.45) is 0 Å². The van der Waals surface area contributed by atoms with Crippen LogP contribution in [0.3, 0.4) is 0 Å². The average Bonchev–Trinajstić information content (AvgIpc) is 2.70. The first-order valence-electron chi connectivity index (χ1n) is 5.56. The summed E-state index contributed by atoms with van der Waals surface area (Å²) in [5.74, 6) is 0.753. The van der Waals surface area contributed by atoms with E-state index < -0.39 is 0 Å². The Morgan fingerprint density at radius 2 is 2.11 bits per heavy atom. The fourth-order valence-electron chi connectivity index (χ4n) is 1.85. The maximum absolute atomic E-state index is 5.95. The van der Waals surface area contributed by atoms with Gasteiger partial charge in [-0.15, -0.1) is 0 Å². The SMILES string of the molecule is Nc1ccc2nc(Cc3cccc(Cl)c3)nn2c1. The summed E-state index contributed by atoms with van der Waals surface area (Å²) in [6.45, 7) is 0. The van der Waals surface area contributed by atoms with Crippen molar-refractivity contribution in [3.8, 4) is 0 Å². The van der Waals surface area contributed by atoms with E-state index in [4.69, 9.17) is 17.3 Å². The number of pyridine rings is 1. The number of aromatic nitrogens is 3. The number of hydrogen-bond acceptors (Lipinski definition) is 3. The molecule has 0 radical (unpaired) electrons. The largest absolute Gasteiger partial charge is 0.397 e. The van der Waals surface area contributed by atoms with Crippen LogP contribution in [0.5, 0.6) is 0 Å². The maximum Gasteiger partial charge on any atom is 0.156 e. The summed E-state index contributed by atoms with van der Waals surface area (Å²) in [6, 6.07) is 11.4. The Bertz CT molecular complexity index is 705. The molecule has 3 aromatic rings. The molecule has 0 amide bonds. The molecule has 0 aliphatic rings. The summed E-state index contributed by atoms with van der Waals surface area (Å²) in [4.78, 5) is 4.43. The number of nitrogen functional groups attached to an aromatic ring is 1. The molecule has 0 unspecified atom stereocenters. The van der Waals surface area contributed by atoms with Crippen LogP contribution in [0.1, 0.15) is 11.4 Å². The monoisotopic (exact) mass is 258 g/mol. The molecule has 0 aliphatic heterocycles. The molecule has 0 spiro atoms. The normalized spacial score (nSPS) is 10.9. The average molecular weight is 259 g/mol. The molecule has 0 bridgehead atoms. The highest BCUT2D eigenvalue weighted by atomic mass is 35.5. The molecule has 0 saturated heterocycles. The van der Waals surface area contributed by atoms with E-state index in [1.807, 2.05) is 36.4 Å². The molecule has 0 atom stereocenters. The van der Waals surface area contributed by atoms with Crippen molar-refractivity contribution in [1.29, 1.82) is 0 Å². The van der Waals surface area contributed by atoms with Crippen molar-refractivity contribution >= 4 is 22.9 Å². The molecule has 2 aromatic heterocycles. The number of anilines is 1. The number of rotatable bonds is 2. The Hall–Kier alpha value is -2.07. The zero-order valence-corrected chi connectivity index (χ0v) is 10.3. The predicted molar refractivity (Wildman–Crippen MR) is 71.7 cm³/mol. The lowest BCUT2D eigenvalue weighted by Crippen LogP contribution is -1.93. The van der Waals surface area contributed by atoms with E-state index in [1.54, 1.807) is 10.7 Å². The highest BCUT2D eigenvalue weighted by Gasteiger charge is 2.05. The van der Waals surface area contributed by atoms with Gasteiger partial charge in [-0.2, -0.15) is 5.10 Å². The van der Waals surface area contributed by atoms with Crippen molar-refractivity contribution in [3.05, 3.63) is 59.0 Å². The summed E-state index contributed by atoms with van der Waals surface area (Å²) in [6.07, 6.45) is 2.41. The van der Waals surface area contributed by atoms with Gasteiger partial charge in [-0.25, -0.2) is 9.50 Å². The van der Waals surface area contributed by atoms with Crippen LogP contribution < -0.4 is 5.73 Å². The van der Waals surface area contributed by atoms with Crippen molar-refractivity contribution in [1.82, 2.24) is 14.6 Å². The number of nitrogens with zero attached hydrogens (tertiary/aromatic N) is 3. The van der Waals surface area contributed by atoms with Gasteiger partial charge in [-0.3, -0.25) is 0 Å². The molecule has 18 heavy (non-hydrogen) atoms. The molecule has 3 rings (SSSR count). The third-order valence-electron chi connectivity index (χ3n) is 2.65. The van der Waals surface area contributed by atoms with Gasteiger partial charge in [-0.1, -0.05) is 23.7 Å². The summed E-state index contributed by atoms with van der Waals surface area (Å²) in [7, 11) is 0. The Morgan fingerprint density at radius 1 is 1.22 bits per heavy atom. The van der Waals surface area contributed by atoms with Crippen LogP contribution in [0.2, 0.25) is 5.02 Å². The minimum absolute atomic E-state index is 0.655. The minimum Gasteiger partial charge on any atom is -0.397 e. The van der Waals surface area contributed by atoms with E-state index in [0.717, 1.165) is 22.1 Å². The van der Waals surface area contributed by atoms with Crippen LogP contribution in [-0.4, -0.2) is 14.6 Å². The van der Waals surface area contributed by atoms with Gasteiger partial charge in [0, 0.05) is 11.4 Å². The molecule has 4 nitrogen and oxygen atoms in total. The molecule has 0 saturated carbocycles. The van der Waals surface area contributed by atoms with E-state index in [9.17, 15) is 0 Å². The molecule has 90 valence electrons. The Morgan fingerprint density at radius 3 is 2.94 bits per heavy atom. The van der Waals surface area contributed by atoms with Crippen molar-refractivity contribution in [2.45, 2.75) is 6.42 Å². The first-order valence-corrected chi connectivity index (χ1v) is 5.94. The minimum atomic E-state index is 0.655. The molecular weight excluding hydrogens is 248 g/mol. The number of benzene rings is 1. The number of nitrogens with two attached hydrogens (primary N) is 1. The third-order valence-corrected chi connectivity index (χ3v) is 2.88. The zero-order chi connectivity index (χ0) is 12.5. The fraction of sp³-hybridized carbons (Fsp3) is 0.0769. The molecule has 2 heterocycles.